The molecule has 0 atom stereocenters. The Balaban J connectivity index is 1.46. The third-order valence-electron chi connectivity index (χ3n) is 4.30. The standard InChI is InChI=1S/C19H20F3N3OS/c20-16-3-1-2-4-17(16)25-11-9-24(10-12-25)13-18(26)23-14-5-7-15(8-6-14)27-19(21)22/h1-8,19H,9-13H2,(H,23,26). The quantitative estimate of drug-likeness (QED) is 0.753. The van der Waals surface area contributed by atoms with Gasteiger partial charge in [-0.05, 0) is 36.4 Å². The summed E-state index contributed by atoms with van der Waals surface area (Å²) >= 11 is 0.468. The number of rotatable bonds is 6. The van der Waals surface area contributed by atoms with Crippen LogP contribution in [-0.2, 0) is 4.79 Å². The zero-order chi connectivity index (χ0) is 19.2. The number of hydrogen-bond acceptors (Lipinski definition) is 4. The van der Waals surface area contributed by atoms with E-state index in [1.807, 2.05) is 15.9 Å². The number of piperazine rings is 1. The number of halogens is 3. The molecule has 0 spiro atoms. The monoisotopic (exact) mass is 395 g/mol. The minimum absolute atomic E-state index is 0.163. The van der Waals surface area contributed by atoms with Gasteiger partial charge < -0.3 is 10.2 Å². The number of benzene rings is 2. The molecule has 0 unspecified atom stereocenters. The number of hydrogen-bond donors (Lipinski definition) is 1. The zero-order valence-corrected chi connectivity index (χ0v) is 15.4. The summed E-state index contributed by atoms with van der Waals surface area (Å²) in [5, 5.41) is 2.77. The number of nitrogens with one attached hydrogen (secondary N) is 1. The summed E-state index contributed by atoms with van der Waals surface area (Å²) in [7, 11) is 0. The Kier molecular flexibility index (Phi) is 6.63. The van der Waals surface area contributed by atoms with Crippen molar-refractivity contribution in [1.82, 2.24) is 4.90 Å². The second-order valence-electron chi connectivity index (χ2n) is 6.17. The average molecular weight is 395 g/mol. The number of para-hydroxylation sites is 1. The maximum Gasteiger partial charge on any atom is 0.288 e. The molecule has 144 valence electrons. The summed E-state index contributed by atoms with van der Waals surface area (Å²) in [6.07, 6.45) is 0. The van der Waals surface area contributed by atoms with Crippen LogP contribution >= 0.6 is 11.8 Å². The second kappa shape index (κ2) is 9.14. The van der Waals surface area contributed by atoms with Gasteiger partial charge in [0, 0.05) is 36.8 Å². The molecular weight excluding hydrogens is 375 g/mol. The highest BCUT2D eigenvalue weighted by molar-refractivity contribution is 7.99. The minimum atomic E-state index is -2.46. The van der Waals surface area contributed by atoms with Crippen LogP contribution in [0.3, 0.4) is 0 Å². The van der Waals surface area contributed by atoms with E-state index in [4.69, 9.17) is 0 Å². The van der Waals surface area contributed by atoms with Gasteiger partial charge in [-0.15, -0.1) is 0 Å². The Morgan fingerprint density at radius 1 is 1.04 bits per heavy atom. The highest BCUT2D eigenvalue weighted by Gasteiger charge is 2.20. The first-order valence-electron chi connectivity index (χ1n) is 8.58. The number of anilines is 2. The number of nitrogens with zero attached hydrogens (tertiary/aromatic N) is 2. The second-order valence-corrected chi connectivity index (χ2v) is 7.23. The predicted octanol–water partition coefficient (Wildman–Crippen LogP) is 3.90. The Morgan fingerprint density at radius 2 is 1.70 bits per heavy atom. The Hall–Kier alpha value is -2.19. The highest BCUT2D eigenvalue weighted by Crippen LogP contribution is 2.26. The van der Waals surface area contributed by atoms with E-state index in [0.717, 1.165) is 0 Å². The molecule has 1 aliphatic rings. The van der Waals surface area contributed by atoms with Gasteiger partial charge in [0.1, 0.15) is 5.82 Å². The summed E-state index contributed by atoms with van der Waals surface area (Å²) in [6, 6.07) is 13.0. The third kappa shape index (κ3) is 5.64. The Labute approximate surface area is 160 Å². The molecule has 2 aromatic rings. The molecule has 1 fully saturated rings. The third-order valence-corrected chi connectivity index (χ3v) is 5.02. The molecule has 1 amide bonds. The van der Waals surface area contributed by atoms with Gasteiger partial charge in [-0.3, -0.25) is 9.69 Å². The van der Waals surface area contributed by atoms with Crippen LogP contribution in [0.1, 0.15) is 0 Å². The molecule has 1 aliphatic heterocycles. The largest absolute Gasteiger partial charge is 0.367 e. The van der Waals surface area contributed by atoms with Gasteiger partial charge in [0.2, 0.25) is 5.91 Å². The fourth-order valence-electron chi connectivity index (χ4n) is 2.98. The molecule has 0 saturated carbocycles. The van der Waals surface area contributed by atoms with Crippen LogP contribution in [0, 0.1) is 5.82 Å². The van der Waals surface area contributed by atoms with E-state index >= 15 is 0 Å². The van der Waals surface area contributed by atoms with E-state index < -0.39 is 5.76 Å². The number of thioether (sulfide) groups is 1. The minimum Gasteiger partial charge on any atom is -0.367 e. The molecule has 3 rings (SSSR count). The van der Waals surface area contributed by atoms with Crippen molar-refractivity contribution in [3.8, 4) is 0 Å². The van der Waals surface area contributed by atoms with Crippen molar-refractivity contribution in [2.45, 2.75) is 10.7 Å². The van der Waals surface area contributed by atoms with Crippen LogP contribution in [0.25, 0.3) is 0 Å². The van der Waals surface area contributed by atoms with E-state index in [2.05, 4.69) is 5.32 Å². The fraction of sp³-hybridized carbons (Fsp3) is 0.316. The van der Waals surface area contributed by atoms with Crippen LogP contribution in [-0.4, -0.2) is 49.3 Å². The summed E-state index contributed by atoms with van der Waals surface area (Å²) in [5.41, 5.74) is 1.16. The highest BCUT2D eigenvalue weighted by atomic mass is 32.2. The predicted molar refractivity (Wildman–Crippen MR) is 102 cm³/mol. The maximum absolute atomic E-state index is 13.9. The van der Waals surface area contributed by atoms with Crippen LogP contribution < -0.4 is 10.2 Å². The number of amides is 1. The van der Waals surface area contributed by atoms with E-state index in [-0.39, 0.29) is 18.3 Å². The molecule has 0 aliphatic carbocycles. The van der Waals surface area contributed by atoms with E-state index in [1.54, 1.807) is 36.4 Å². The molecule has 2 aromatic carbocycles. The molecule has 27 heavy (non-hydrogen) atoms. The average Bonchev–Trinajstić information content (AvgIpc) is 2.64. The SMILES string of the molecule is O=C(CN1CCN(c2ccccc2F)CC1)Nc1ccc(SC(F)F)cc1. The lowest BCUT2D eigenvalue weighted by molar-refractivity contribution is -0.117. The molecule has 8 heteroatoms. The molecule has 0 radical (unpaired) electrons. The van der Waals surface area contributed by atoms with Crippen molar-refractivity contribution in [2.24, 2.45) is 0 Å². The smallest absolute Gasteiger partial charge is 0.288 e. The molecule has 1 N–H and O–H groups in total. The number of alkyl halides is 2. The van der Waals surface area contributed by atoms with Crippen molar-refractivity contribution in [3.05, 3.63) is 54.3 Å². The van der Waals surface area contributed by atoms with E-state index in [9.17, 15) is 18.0 Å². The van der Waals surface area contributed by atoms with Gasteiger partial charge >= 0.3 is 0 Å². The van der Waals surface area contributed by atoms with Gasteiger partial charge in [0.15, 0.2) is 0 Å². The van der Waals surface area contributed by atoms with Crippen molar-refractivity contribution < 1.29 is 18.0 Å². The van der Waals surface area contributed by atoms with E-state index in [1.165, 1.54) is 6.07 Å². The zero-order valence-electron chi connectivity index (χ0n) is 14.6. The lowest BCUT2D eigenvalue weighted by atomic mass is 10.2. The molecular formula is C19H20F3N3OS. The first-order valence-corrected chi connectivity index (χ1v) is 9.46. The first kappa shape index (κ1) is 19.6. The van der Waals surface area contributed by atoms with Gasteiger partial charge in [-0.25, -0.2) is 4.39 Å². The number of carbonyl (C=O) groups excluding carboxylic acids is 1. The van der Waals surface area contributed by atoms with Crippen molar-refractivity contribution >= 4 is 29.0 Å². The molecule has 1 heterocycles. The summed E-state index contributed by atoms with van der Waals surface area (Å²) in [4.78, 5) is 16.6. The van der Waals surface area contributed by atoms with Crippen molar-refractivity contribution in [2.75, 3.05) is 42.9 Å². The normalized spacial score (nSPS) is 15.2. The van der Waals surface area contributed by atoms with Crippen molar-refractivity contribution in [3.63, 3.8) is 0 Å². The van der Waals surface area contributed by atoms with Crippen LogP contribution in [0.2, 0.25) is 0 Å². The van der Waals surface area contributed by atoms with Gasteiger partial charge in [0.25, 0.3) is 5.76 Å². The van der Waals surface area contributed by atoms with Crippen LogP contribution in [0.4, 0.5) is 24.5 Å². The number of carbonyl (C=O) groups is 1. The Morgan fingerprint density at radius 3 is 2.33 bits per heavy atom. The van der Waals surface area contributed by atoms with Gasteiger partial charge in [-0.1, -0.05) is 23.9 Å². The molecule has 0 bridgehead atoms. The van der Waals surface area contributed by atoms with Gasteiger partial charge in [0.05, 0.1) is 12.2 Å². The topological polar surface area (TPSA) is 35.6 Å². The molecule has 0 aromatic heterocycles. The lowest BCUT2D eigenvalue weighted by Gasteiger charge is -2.35. The van der Waals surface area contributed by atoms with E-state index in [0.29, 0.717) is 54.2 Å². The van der Waals surface area contributed by atoms with Crippen LogP contribution in [0.15, 0.2) is 53.4 Å². The summed E-state index contributed by atoms with van der Waals surface area (Å²) < 4.78 is 38.5. The van der Waals surface area contributed by atoms with Crippen LogP contribution in [0.5, 0.6) is 0 Å². The summed E-state index contributed by atoms with van der Waals surface area (Å²) in [5.74, 6) is -2.87. The lowest BCUT2D eigenvalue weighted by Crippen LogP contribution is -2.48. The maximum atomic E-state index is 13.9. The molecule has 4 nitrogen and oxygen atoms in total. The first-order chi connectivity index (χ1) is 13.0. The van der Waals surface area contributed by atoms with Gasteiger partial charge in [-0.2, -0.15) is 8.78 Å². The summed E-state index contributed by atoms with van der Waals surface area (Å²) in [6.45, 7) is 2.84. The Bertz CT molecular complexity index is 765. The van der Waals surface area contributed by atoms with Crippen molar-refractivity contribution in [1.29, 1.82) is 0 Å². The fourth-order valence-corrected chi connectivity index (χ4v) is 3.48. The molecule has 1 saturated heterocycles.